The van der Waals surface area contributed by atoms with Gasteiger partial charge in [0.05, 0.1) is 0 Å². The van der Waals surface area contributed by atoms with Crippen LogP contribution in [0.25, 0.3) is 0 Å². The summed E-state index contributed by atoms with van der Waals surface area (Å²) in [5, 5.41) is 27.6. The molecule has 194 valence electrons. The molecule has 0 aromatic heterocycles. The summed E-state index contributed by atoms with van der Waals surface area (Å²) >= 11 is 0. The van der Waals surface area contributed by atoms with Gasteiger partial charge in [0.1, 0.15) is 11.5 Å². The predicted molar refractivity (Wildman–Crippen MR) is 139 cm³/mol. The minimum Gasteiger partial charge on any atom is -0.508 e. The van der Waals surface area contributed by atoms with Gasteiger partial charge in [0.15, 0.2) is 0 Å². The lowest BCUT2D eigenvalue weighted by Gasteiger charge is -2.30. The van der Waals surface area contributed by atoms with Gasteiger partial charge in [-0.3, -0.25) is 9.59 Å². The second-order valence-corrected chi connectivity index (χ2v) is 10.8. The number of hydrogen-bond donors (Lipinski definition) is 4. The van der Waals surface area contributed by atoms with Crippen LogP contribution < -0.4 is 10.6 Å². The summed E-state index contributed by atoms with van der Waals surface area (Å²) in [6, 6.07) is 3.34. The molecule has 6 heteroatoms. The first-order valence-electron chi connectivity index (χ1n) is 13.0. The number of unbranched alkanes of at least 4 members (excludes halogenated alkanes) is 2. The van der Waals surface area contributed by atoms with Crippen LogP contribution in [0.2, 0.25) is 0 Å². The molecule has 0 saturated carbocycles. The normalized spacial score (nSPS) is 11.9. The molecule has 0 bridgehead atoms. The highest BCUT2D eigenvalue weighted by Crippen LogP contribution is 2.43. The SMILES string of the molecule is CCCCNC(=O)CCCC(C)(C)c1cc(O)c(C(C)(C)CCCC(=O)NCCCC)cc1O. The lowest BCUT2D eigenvalue weighted by Crippen LogP contribution is -2.25. The summed E-state index contributed by atoms with van der Waals surface area (Å²) in [6.45, 7) is 13.7. The Morgan fingerprint density at radius 3 is 1.38 bits per heavy atom. The number of phenols is 2. The van der Waals surface area contributed by atoms with Crippen LogP contribution in [0.15, 0.2) is 12.1 Å². The molecule has 1 aromatic carbocycles. The topological polar surface area (TPSA) is 98.7 Å². The molecule has 1 rings (SSSR count). The summed E-state index contributed by atoms with van der Waals surface area (Å²) in [7, 11) is 0. The highest BCUT2D eigenvalue weighted by molar-refractivity contribution is 5.76. The van der Waals surface area contributed by atoms with Gasteiger partial charge in [0.25, 0.3) is 0 Å². The molecule has 0 radical (unpaired) electrons. The Kier molecular flexibility index (Phi) is 12.5. The van der Waals surface area contributed by atoms with Gasteiger partial charge < -0.3 is 20.8 Å². The van der Waals surface area contributed by atoms with E-state index in [9.17, 15) is 19.8 Å². The Hall–Kier alpha value is -2.24. The molecule has 2 amide bonds. The summed E-state index contributed by atoms with van der Waals surface area (Å²) in [6.07, 6.45) is 7.84. The lowest BCUT2D eigenvalue weighted by atomic mass is 9.75. The van der Waals surface area contributed by atoms with Gasteiger partial charge in [0, 0.05) is 37.1 Å². The van der Waals surface area contributed by atoms with Crippen LogP contribution in [0.5, 0.6) is 11.5 Å². The van der Waals surface area contributed by atoms with Gasteiger partial charge in [-0.05, 0) is 61.5 Å². The third-order valence-corrected chi connectivity index (χ3v) is 6.69. The van der Waals surface area contributed by atoms with Crippen LogP contribution in [0.4, 0.5) is 0 Å². The first kappa shape index (κ1) is 29.8. The zero-order valence-corrected chi connectivity index (χ0v) is 22.4. The van der Waals surface area contributed by atoms with Crippen molar-refractivity contribution in [1.82, 2.24) is 10.6 Å². The molecule has 0 aliphatic heterocycles. The molecule has 0 fully saturated rings. The number of carbonyl (C=O) groups is 2. The number of amides is 2. The molecular weight excluding hydrogens is 428 g/mol. The van der Waals surface area contributed by atoms with E-state index in [2.05, 4.69) is 24.5 Å². The highest BCUT2D eigenvalue weighted by Gasteiger charge is 2.30. The van der Waals surface area contributed by atoms with E-state index in [0.717, 1.165) is 38.5 Å². The third-order valence-electron chi connectivity index (χ3n) is 6.69. The van der Waals surface area contributed by atoms with Crippen molar-refractivity contribution in [3.63, 3.8) is 0 Å². The maximum atomic E-state index is 12.0. The Bertz CT molecular complexity index is 721. The van der Waals surface area contributed by atoms with Crippen molar-refractivity contribution in [2.75, 3.05) is 13.1 Å². The molecule has 6 nitrogen and oxygen atoms in total. The number of aromatic hydroxyl groups is 2. The molecule has 4 N–H and O–H groups in total. The van der Waals surface area contributed by atoms with E-state index in [1.165, 1.54) is 0 Å². The fraction of sp³-hybridized carbons (Fsp3) is 0.714. The van der Waals surface area contributed by atoms with Gasteiger partial charge in [-0.25, -0.2) is 0 Å². The quantitative estimate of drug-likeness (QED) is 0.178. The summed E-state index contributed by atoms with van der Waals surface area (Å²) in [5.74, 6) is 0.450. The largest absolute Gasteiger partial charge is 0.508 e. The van der Waals surface area contributed by atoms with Crippen molar-refractivity contribution in [3.8, 4) is 11.5 Å². The van der Waals surface area contributed by atoms with Crippen LogP contribution in [-0.4, -0.2) is 35.1 Å². The minimum absolute atomic E-state index is 0.0625. The molecule has 0 spiro atoms. The van der Waals surface area contributed by atoms with Gasteiger partial charge in [-0.1, -0.05) is 54.4 Å². The average molecular weight is 477 g/mol. The van der Waals surface area contributed by atoms with E-state index >= 15 is 0 Å². The zero-order valence-electron chi connectivity index (χ0n) is 22.4. The second kappa shape index (κ2) is 14.2. The number of hydrogen-bond acceptors (Lipinski definition) is 4. The Morgan fingerprint density at radius 1 is 0.706 bits per heavy atom. The summed E-state index contributed by atoms with van der Waals surface area (Å²) in [4.78, 5) is 24.0. The van der Waals surface area contributed by atoms with Gasteiger partial charge in [0.2, 0.25) is 11.8 Å². The fourth-order valence-corrected chi connectivity index (χ4v) is 4.30. The maximum absolute atomic E-state index is 12.0. The molecule has 0 heterocycles. The number of benzene rings is 1. The van der Waals surface area contributed by atoms with E-state index < -0.39 is 0 Å². The predicted octanol–water partition coefficient (Wildman–Crippen LogP) is 5.83. The number of rotatable bonds is 16. The van der Waals surface area contributed by atoms with Crippen LogP contribution in [-0.2, 0) is 20.4 Å². The van der Waals surface area contributed by atoms with E-state index in [1.807, 2.05) is 27.7 Å². The van der Waals surface area contributed by atoms with Crippen LogP contribution in [0.3, 0.4) is 0 Å². The molecule has 0 aliphatic rings. The van der Waals surface area contributed by atoms with E-state index in [4.69, 9.17) is 0 Å². The second-order valence-electron chi connectivity index (χ2n) is 10.8. The van der Waals surface area contributed by atoms with Crippen molar-refractivity contribution in [2.24, 2.45) is 0 Å². The lowest BCUT2D eigenvalue weighted by molar-refractivity contribution is -0.122. The van der Waals surface area contributed by atoms with E-state index in [0.29, 0.717) is 49.9 Å². The van der Waals surface area contributed by atoms with Crippen molar-refractivity contribution in [1.29, 1.82) is 0 Å². The molecule has 0 unspecified atom stereocenters. The third kappa shape index (κ3) is 9.94. The van der Waals surface area contributed by atoms with Crippen molar-refractivity contribution in [2.45, 2.75) is 117 Å². The van der Waals surface area contributed by atoms with E-state index in [-0.39, 0.29) is 34.1 Å². The molecule has 34 heavy (non-hydrogen) atoms. The zero-order chi connectivity index (χ0) is 25.8. The van der Waals surface area contributed by atoms with Crippen LogP contribution >= 0.6 is 0 Å². The Balaban J connectivity index is 2.74. The molecular formula is C28H48N2O4. The Morgan fingerprint density at radius 2 is 1.06 bits per heavy atom. The average Bonchev–Trinajstić information content (AvgIpc) is 2.75. The summed E-state index contributed by atoms with van der Waals surface area (Å²) < 4.78 is 0. The number of nitrogens with one attached hydrogen (secondary N) is 2. The highest BCUT2D eigenvalue weighted by atomic mass is 16.3. The standard InChI is InChI=1S/C28H48N2O4/c1-7-9-17-29-25(33)13-11-15-27(3,4)21-19-24(32)22(20-23(21)31)28(5,6)16-12-14-26(34)30-18-10-8-2/h19-20,31-32H,7-18H2,1-6H3,(H,29,33)(H,30,34). The fourth-order valence-electron chi connectivity index (χ4n) is 4.30. The van der Waals surface area contributed by atoms with Crippen molar-refractivity contribution >= 4 is 11.8 Å². The maximum Gasteiger partial charge on any atom is 0.219 e. The monoisotopic (exact) mass is 476 g/mol. The first-order valence-corrected chi connectivity index (χ1v) is 13.0. The molecule has 0 atom stereocenters. The first-order chi connectivity index (χ1) is 15.9. The minimum atomic E-state index is -0.384. The van der Waals surface area contributed by atoms with E-state index in [1.54, 1.807) is 12.1 Å². The van der Waals surface area contributed by atoms with Crippen LogP contribution in [0.1, 0.15) is 117 Å². The summed E-state index contributed by atoms with van der Waals surface area (Å²) in [5.41, 5.74) is 0.604. The number of phenolic OH excluding ortho intramolecular Hbond substituents is 2. The van der Waals surface area contributed by atoms with Gasteiger partial charge in [-0.2, -0.15) is 0 Å². The van der Waals surface area contributed by atoms with Gasteiger partial charge in [-0.15, -0.1) is 0 Å². The van der Waals surface area contributed by atoms with Crippen LogP contribution in [0, 0.1) is 0 Å². The smallest absolute Gasteiger partial charge is 0.219 e. The molecule has 1 aromatic rings. The molecule has 0 saturated heterocycles. The van der Waals surface area contributed by atoms with Crippen molar-refractivity contribution < 1.29 is 19.8 Å². The molecule has 0 aliphatic carbocycles. The Labute approximate surface area is 206 Å². The van der Waals surface area contributed by atoms with Crippen molar-refractivity contribution in [3.05, 3.63) is 23.3 Å². The number of carbonyl (C=O) groups excluding carboxylic acids is 2. The van der Waals surface area contributed by atoms with Gasteiger partial charge >= 0.3 is 0 Å².